The average molecular weight is 321 g/mol. The third-order valence-corrected chi connectivity index (χ3v) is 5.55. The molecule has 0 saturated heterocycles. The topological polar surface area (TPSA) is 12.0 Å². The van der Waals surface area contributed by atoms with Crippen LogP contribution in [0.2, 0.25) is 15.1 Å². The molecule has 106 valence electrons. The molecule has 0 aliphatic heterocycles. The zero-order valence-corrected chi connectivity index (χ0v) is 13.8. The van der Waals surface area contributed by atoms with E-state index in [-0.39, 0.29) is 6.04 Å². The third-order valence-electron chi connectivity index (χ3n) is 4.24. The number of halogens is 3. The van der Waals surface area contributed by atoms with Crippen LogP contribution in [0.5, 0.6) is 0 Å². The minimum atomic E-state index is 0.171. The highest BCUT2D eigenvalue weighted by Crippen LogP contribution is 2.40. The lowest BCUT2D eigenvalue weighted by atomic mass is 9.86. The molecule has 0 aromatic heterocycles. The van der Waals surface area contributed by atoms with Gasteiger partial charge in [0, 0.05) is 12.1 Å². The van der Waals surface area contributed by atoms with Crippen LogP contribution in [-0.2, 0) is 0 Å². The minimum absolute atomic E-state index is 0.171. The van der Waals surface area contributed by atoms with E-state index in [0.717, 1.165) is 5.56 Å². The van der Waals surface area contributed by atoms with Crippen LogP contribution in [0.4, 0.5) is 0 Å². The molecule has 1 nitrogen and oxygen atoms in total. The van der Waals surface area contributed by atoms with Gasteiger partial charge in [-0.25, -0.2) is 0 Å². The zero-order chi connectivity index (χ0) is 14.2. The van der Waals surface area contributed by atoms with Gasteiger partial charge in [-0.15, -0.1) is 0 Å². The summed E-state index contributed by atoms with van der Waals surface area (Å²) in [6.07, 6.45) is 3.77. The number of hydrogen-bond acceptors (Lipinski definition) is 1. The summed E-state index contributed by atoms with van der Waals surface area (Å²) in [5, 5.41) is 5.20. The van der Waals surface area contributed by atoms with Crippen molar-refractivity contribution in [2.75, 3.05) is 0 Å². The highest BCUT2D eigenvalue weighted by Gasteiger charge is 2.35. The first-order chi connectivity index (χ1) is 8.83. The molecule has 4 heteroatoms. The molecule has 1 N–H and O–H groups in total. The molecule has 1 fully saturated rings. The summed E-state index contributed by atoms with van der Waals surface area (Å²) in [5.74, 6) is 0. The van der Waals surface area contributed by atoms with Crippen molar-refractivity contribution in [1.82, 2.24) is 5.32 Å². The SMILES string of the molecule is CC(NC1CCCC1(C)C)c1ccc(Cl)c(Cl)c1Cl. The van der Waals surface area contributed by atoms with E-state index in [0.29, 0.717) is 26.5 Å². The van der Waals surface area contributed by atoms with E-state index in [9.17, 15) is 0 Å². The summed E-state index contributed by atoms with van der Waals surface area (Å²) in [6, 6.07) is 4.46. The second kappa shape index (κ2) is 5.81. The van der Waals surface area contributed by atoms with Crippen LogP contribution in [0.3, 0.4) is 0 Å². The number of benzene rings is 1. The van der Waals surface area contributed by atoms with Crippen LogP contribution in [-0.4, -0.2) is 6.04 Å². The predicted octanol–water partition coefficient (Wildman–Crippen LogP) is 5.88. The molecule has 0 amide bonds. The summed E-state index contributed by atoms with van der Waals surface area (Å²) >= 11 is 18.4. The predicted molar refractivity (Wildman–Crippen MR) is 84.4 cm³/mol. The van der Waals surface area contributed by atoms with Gasteiger partial charge in [0.05, 0.1) is 15.1 Å². The maximum absolute atomic E-state index is 6.29. The average Bonchev–Trinajstić information content (AvgIpc) is 2.66. The summed E-state index contributed by atoms with van der Waals surface area (Å²) in [4.78, 5) is 0. The molecule has 0 radical (unpaired) electrons. The van der Waals surface area contributed by atoms with Crippen LogP contribution in [0.15, 0.2) is 12.1 Å². The molecule has 19 heavy (non-hydrogen) atoms. The Morgan fingerprint density at radius 2 is 1.89 bits per heavy atom. The molecular formula is C15H20Cl3N. The molecule has 0 bridgehead atoms. The van der Waals surface area contributed by atoms with Crippen molar-refractivity contribution < 1.29 is 0 Å². The Morgan fingerprint density at radius 1 is 1.21 bits per heavy atom. The van der Waals surface area contributed by atoms with Crippen LogP contribution < -0.4 is 5.32 Å². The highest BCUT2D eigenvalue weighted by atomic mass is 35.5. The monoisotopic (exact) mass is 319 g/mol. The number of rotatable bonds is 3. The summed E-state index contributed by atoms with van der Waals surface area (Å²) < 4.78 is 0. The lowest BCUT2D eigenvalue weighted by Gasteiger charge is -2.31. The highest BCUT2D eigenvalue weighted by molar-refractivity contribution is 6.48. The molecule has 1 saturated carbocycles. The molecule has 2 atom stereocenters. The van der Waals surface area contributed by atoms with Crippen LogP contribution in [0.25, 0.3) is 0 Å². The second-order valence-corrected chi connectivity index (χ2v) is 7.25. The van der Waals surface area contributed by atoms with Gasteiger partial charge in [0.1, 0.15) is 0 Å². The van der Waals surface area contributed by atoms with Crippen molar-refractivity contribution >= 4 is 34.8 Å². The molecule has 1 aliphatic rings. The molecular weight excluding hydrogens is 301 g/mol. The van der Waals surface area contributed by atoms with Crippen molar-refractivity contribution in [3.8, 4) is 0 Å². The van der Waals surface area contributed by atoms with E-state index in [1.807, 2.05) is 12.1 Å². The Balaban J connectivity index is 2.17. The van der Waals surface area contributed by atoms with Crippen LogP contribution in [0.1, 0.15) is 51.6 Å². The first-order valence-corrected chi connectivity index (χ1v) is 7.86. The molecule has 2 rings (SSSR count). The zero-order valence-electron chi connectivity index (χ0n) is 11.6. The Morgan fingerprint density at radius 3 is 2.47 bits per heavy atom. The van der Waals surface area contributed by atoms with Crippen molar-refractivity contribution in [3.63, 3.8) is 0 Å². The van der Waals surface area contributed by atoms with Gasteiger partial charge in [0.15, 0.2) is 0 Å². The fourth-order valence-corrected chi connectivity index (χ4v) is 3.61. The van der Waals surface area contributed by atoms with Crippen molar-refractivity contribution in [2.24, 2.45) is 5.41 Å². The van der Waals surface area contributed by atoms with E-state index >= 15 is 0 Å². The van der Waals surface area contributed by atoms with Gasteiger partial charge in [-0.1, -0.05) is 61.1 Å². The largest absolute Gasteiger partial charge is 0.307 e. The molecule has 1 aromatic carbocycles. The van der Waals surface area contributed by atoms with Gasteiger partial charge in [0.25, 0.3) is 0 Å². The minimum Gasteiger partial charge on any atom is -0.307 e. The molecule has 1 aliphatic carbocycles. The van der Waals surface area contributed by atoms with E-state index in [4.69, 9.17) is 34.8 Å². The molecule has 1 aromatic rings. The van der Waals surface area contributed by atoms with Crippen molar-refractivity contribution in [1.29, 1.82) is 0 Å². The molecule has 2 unspecified atom stereocenters. The van der Waals surface area contributed by atoms with Crippen molar-refractivity contribution in [3.05, 3.63) is 32.8 Å². The number of nitrogens with one attached hydrogen (secondary N) is 1. The van der Waals surface area contributed by atoms with Crippen molar-refractivity contribution in [2.45, 2.75) is 52.1 Å². The molecule has 0 heterocycles. The number of hydrogen-bond donors (Lipinski definition) is 1. The van der Waals surface area contributed by atoms with Gasteiger partial charge in [-0.3, -0.25) is 0 Å². The summed E-state index contributed by atoms with van der Waals surface area (Å²) in [6.45, 7) is 6.77. The van der Waals surface area contributed by atoms with E-state index < -0.39 is 0 Å². The summed E-state index contributed by atoms with van der Waals surface area (Å²) in [5.41, 5.74) is 1.36. The fourth-order valence-electron chi connectivity index (χ4n) is 2.90. The summed E-state index contributed by atoms with van der Waals surface area (Å²) in [7, 11) is 0. The van der Waals surface area contributed by atoms with Gasteiger partial charge >= 0.3 is 0 Å². The van der Waals surface area contributed by atoms with E-state index in [1.165, 1.54) is 19.3 Å². The Kier molecular flexibility index (Phi) is 4.72. The normalized spacial score (nSPS) is 23.6. The fraction of sp³-hybridized carbons (Fsp3) is 0.600. The quantitative estimate of drug-likeness (QED) is 0.686. The van der Waals surface area contributed by atoms with Gasteiger partial charge in [-0.2, -0.15) is 0 Å². The Hall–Kier alpha value is 0.0500. The maximum Gasteiger partial charge on any atom is 0.0781 e. The van der Waals surface area contributed by atoms with Gasteiger partial charge < -0.3 is 5.32 Å². The van der Waals surface area contributed by atoms with E-state index in [1.54, 1.807) is 0 Å². The maximum atomic E-state index is 6.29. The van der Waals surface area contributed by atoms with E-state index in [2.05, 4.69) is 26.1 Å². The Bertz CT molecular complexity index is 471. The first-order valence-electron chi connectivity index (χ1n) is 6.72. The lowest BCUT2D eigenvalue weighted by Crippen LogP contribution is -2.39. The smallest absolute Gasteiger partial charge is 0.0781 e. The van der Waals surface area contributed by atoms with Crippen LogP contribution in [0, 0.1) is 5.41 Å². The standard InChI is InChI=1S/C15H20Cl3N/c1-9(19-12-5-4-8-15(12,2)3)10-6-7-11(16)14(18)13(10)17/h6-7,9,12,19H,4-5,8H2,1-3H3. The molecule has 0 spiro atoms. The third kappa shape index (κ3) is 3.21. The Labute approximate surface area is 130 Å². The van der Waals surface area contributed by atoms with Gasteiger partial charge in [0.2, 0.25) is 0 Å². The lowest BCUT2D eigenvalue weighted by molar-refractivity contribution is 0.266. The van der Waals surface area contributed by atoms with Gasteiger partial charge in [-0.05, 0) is 36.8 Å². The van der Waals surface area contributed by atoms with Crippen LogP contribution >= 0.6 is 34.8 Å². The second-order valence-electron chi connectivity index (χ2n) is 6.09. The first kappa shape index (κ1) is 15.4.